The number of ether oxygens (including phenoxy) is 3. The highest BCUT2D eigenvalue weighted by Gasteiger charge is 2.69. The van der Waals surface area contributed by atoms with Crippen molar-refractivity contribution in [1.82, 2.24) is 10.6 Å². The van der Waals surface area contributed by atoms with Crippen LogP contribution in [0.4, 0.5) is 0 Å². The summed E-state index contributed by atoms with van der Waals surface area (Å²) in [5, 5.41) is 14.7. The maximum Gasteiger partial charge on any atom is 0.326 e. The highest BCUT2D eigenvalue weighted by molar-refractivity contribution is 5.91. The molecule has 0 aromatic rings. The van der Waals surface area contributed by atoms with Crippen LogP contribution < -0.4 is 10.6 Å². The molecule has 0 aromatic carbocycles. The normalized spacial score (nSPS) is 36.3. The lowest BCUT2D eigenvalue weighted by Gasteiger charge is -2.59. The Morgan fingerprint density at radius 3 is 2.23 bits per heavy atom. The number of esters is 1. The number of fused-ring (bicyclic) bond motifs is 2. The van der Waals surface area contributed by atoms with Gasteiger partial charge in [0.25, 0.3) is 0 Å². The summed E-state index contributed by atoms with van der Waals surface area (Å²) in [5.74, 6) is -3.21. The summed E-state index contributed by atoms with van der Waals surface area (Å²) in [7, 11) is 0. The van der Waals surface area contributed by atoms with Gasteiger partial charge < -0.3 is 30.0 Å². The topological polar surface area (TPSA) is 159 Å². The molecule has 10 atom stereocenters. The van der Waals surface area contributed by atoms with Crippen LogP contribution in [0.5, 0.6) is 0 Å². The fourth-order valence-corrected chi connectivity index (χ4v) is 7.35. The molecule has 2 bridgehead atoms. The Balaban J connectivity index is 1.34. The first-order valence-corrected chi connectivity index (χ1v) is 15.9. The molecule has 244 valence electrons. The third kappa shape index (κ3) is 7.34. The van der Waals surface area contributed by atoms with Gasteiger partial charge >= 0.3 is 11.9 Å². The predicted molar refractivity (Wildman–Crippen MR) is 153 cm³/mol. The van der Waals surface area contributed by atoms with Gasteiger partial charge in [-0.1, -0.05) is 41.5 Å². The minimum atomic E-state index is -1.13. The summed E-state index contributed by atoms with van der Waals surface area (Å²) in [6.45, 7) is 13.6. The first kappa shape index (κ1) is 33.6. The molecule has 5 rings (SSSR count). The van der Waals surface area contributed by atoms with Gasteiger partial charge in [0, 0.05) is 24.7 Å². The molecule has 1 aliphatic carbocycles. The predicted octanol–water partition coefficient (Wildman–Crippen LogP) is 3.66. The van der Waals surface area contributed by atoms with Crippen LogP contribution in [0, 0.1) is 35.5 Å². The van der Waals surface area contributed by atoms with Crippen molar-refractivity contribution in [2.75, 3.05) is 0 Å². The monoisotopic (exact) mass is 610 g/mol. The molecule has 5 fully saturated rings. The number of carboxylic acid groups (broad SMARTS) is 1. The highest BCUT2D eigenvalue weighted by Crippen LogP contribution is 2.60. The fraction of sp³-hybridized carbons (Fsp3) is 0.871. The van der Waals surface area contributed by atoms with E-state index >= 15 is 0 Å². The van der Waals surface area contributed by atoms with E-state index in [9.17, 15) is 24.3 Å². The van der Waals surface area contributed by atoms with Crippen molar-refractivity contribution < 1.29 is 48.3 Å². The van der Waals surface area contributed by atoms with Crippen molar-refractivity contribution in [1.29, 1.82) is 0 Å². The number of nitrogens with one attached hydrogen (secondary N) is 2. The molecular weight excluding hydrogens is 560 g/mol. The van der Waals surface area contributed by atoms with Gasteiger partial charge in [-0.15, -0.1) is 0 Å². The molecule has 3 N–H and O–H groups in total. The van der Waals surface area contributed by atoms with Crippen molar-refractivity contribution in [3.8, 4) is 0 Å². The number of carbonyl (C=O) groups excluding carboxylic acids is 3. The van der Waals surface area contributed by atoms with E-state index in [-0.39, 0.29) is 48.9 Å². The molecule has 5 aliphatic rings. The number of rotatable bonds is 12. The van der Waals surface area contributed by atoms with Crippen molar-refractivity contribution in [3.63, 3.8) is 0 Å². The number of hydrogen-bond donors (Lipinski definition) is 3. The van der Waals surface area contributed by atoms with Gasteiger partial charge in [-0.2, -0.15) is 0 Å². The molecule has 1 saturated carbocycles. The van der Waals surface area contributed by atoms with Crippen LogP contribution in [0.2, 0.25) is 0 Å². The van der Waals surface area contributed by atoms with E-state index in [0.717, 1.165) is 19.3 Å². The van der Waals surface area contributed by atoms with Gasteiger partial charge in [0.15, 0.2) is 11.9 Å². The molecule has 1 spiro atoms. The summed E-state index contributed by atoms with van der Waals surface area (Å²) in [5.41, 5.74) is -0.767. The maximum atomic E-state index is 12.9. The second kappa shape index (κ2) is 13.4. The van der Waals surface area contributed by atoms with E-state index in [2.05, 4.69) is 17.6 Å². The number of aliphatic carboxylic acids is 1. The van der Waals surface area contributed by atoms with Gasteiger partial charge in [-0.25, -0.2) is 14.6 Å². The molecule has 0 radical (unpaired) electrons. The van der Waals surface area contributed by atoms with Gasteiger partial charge in [0.1, 0.15) is 12.1 Å². The largest absolute Gasteiger partial charge is 0.480 e. The van der Waals surface area contributed by atoms with Crippen LogP contribution in [0.15, 0.2) is 0 Å². The molecule has 12 nitrogen and oxygen atoms in total. The standard InChI is InChI=1S/C31H50N2O10/c1-16(2)14-22(26(36)33-23(27(37)38)15-17(3)4)32-24(34)10-11-25(35)39-28-19(6)21-9-8-18(5)20-12-13-30(7)41-29(40-28)31(20,21)43-42-30/h16-23,28-29H,8-15H2,1-7H3,(H,32,34)(H,33,36)(H,37,38)/t18-,19-,20+,21-,22+,23+,28-,29+,30-,31-/m1/s1. The van der Waals surface area contributed by atoms with Crippen LogP contribution in [0.25, 0.3) is 0 Å². The molecule has 2 amide bonds. The molecule has 12 heteroatoms. The highest BCUT2D eigenvalue weighted by atomic mass is 17.3. The Morgan fingerprint density at radius 1 is 0.907 bits per heavy atom. The molecule has 4 aliphatic heterocycles. The van der Waals surface area contributed by atoms with Gasteiger partial charge in [0.2, 0.25) is 23.9 Å². The van der Waals surface area contributed by atoms with Crippen LogP contribution in [0.1, 0.15) is 99.8 Å². The van der Waals surface area contributed by atoms with Crippen LogP contribution in [-0.2, 0) is 43.2 Å². The maximum absolute atomic E-state index is 12.9. The number of amides is 2. The van der Waals surface area contributed by atoms with Crippen molar-refractivity contribution in [2.24, 2.45) is 35.5 Å². The van der Waals surface area contributed by atoms with E-state index in [1.807, 2.05) is 41.5 Å². The molecule has 4 heterocycles. The van der Waals surface area contributed by atoms with Crippen molar-refractivity contribution in [2.45, 2.75) is 136 Å². The third-order valence-corrected chi connectivity index (χ3v) is 9.58. The first-order chi connectivity index (χ1) is 20.1. The number of carbonyl (C=O) groups is 4. The second-order valence-electron chi connectivity index (χ2n) is 14.0. The lowest BCUT2D eigenvalue weighted by atomic mass is 9.58. The zero-order chi connectivity index (χ0) is 31.7. The van der Waals surface area contributed by atoms with Crippen molar-refractivity contribution in [3.05, 3.63) is 0 Å². The Kier molecular flexibility index (Phi) is 10.5. The fourth-order valence-electron chi connectivity index (χ4n) is 7.35. The average molecular weight is 611 g/mol. The quantitative estimate of drug-likeness (QED) is 0.220. The summed E-state index contributed by atoms with van der Waals surface area (Å²) < 4.78 is 18.4. The van der Waals surface area contributed by atoms with Crippen LogP contribution >= 0.6 is 0 Å². The summed E-state index contributed by atoms with van der Waals surface area (Å²) in [6.07, 6.45) is 2.01. The number of hydrogen-bond acceptors (Lipinski definition) is 9. The van der Waals surface area contributed by atoms with Gasteiger partial charge in [-0.3, -0.25) is 14.4 Å². The summed E-state index contributed by atoms with van der Waals surface area (Å²) >= 11 is 0. The Hall–Kier alpha value is -2.28. The summed E-state index contributed by atoms with van der Waals surface area (Å²) in [6, 6.07) is -1.98. The lowest BCUT2D eigenvalue weighted by Crippen LogP contribution is -2.70. The van der Waals surface area contributed by atoms with E-state index in [4.69, 9.17) is 24.0 Å². The molecule has 43 heavy (non-hydrogen) atoms. The first-order valence-electron chi connectivity index (χ1n) is 15.9. The Morgan fingerprint density at radius 2 is 1.58 bits per heavy atom. The third-order valence-electron chi connectivity index (χ3n) is 9.58. The second-order valence-corrected chi connectivity index (χ2v) is 14.0. The van der Waals surface area contributed by atoms with E-state index in [1.54, 1.807) is 0 Å². The van der Waals surface area contributed by atoms with Gasteiger partial charge in [-0.05, 0) is 62.7 Å². The lowest BCUT2D eigenvalue weighted by molar-refractivity contribution is -0.576. The van der Waals surface area contributed by atoms with Crippen molar-refractivity contribution >= 4 is 23.8 Å². The Bertz CT molecular complexity index is 1050. The zero-order valence-corrected chi connectivity index (χ0v) is 26.6. The van der Waals surface area contributed by atoms with E-state index in [0.29, 0.717) is 18.8 Å². The Labute approximate surface area is 254 Å². The SMILES string of the molecule is CC(C)C[C@H](NC(=O)[C@H](CC(C)C)NC(=O)CCC(=O)O[C@@H]1O[C@H]2O[C@@]3(C)CC[C@H]4[C@H](C)CC[C@H]([C@H]1C)[C@@]24OO3)C(=O)O. The van der Waals surface area contributed by atoms with E-state index in [1.165, 1.54) is 0 Å². The van der Waals surface area contributed by atoms with Crippen LogP contribution in [-0.4, -0.2) is 64.9 Å². The molecule has 0 unspecified atom stereocenters. The molecular formula is C31H50N2O10. The molecule has 0 aromatic heterocycles. The number of carboxylic acids is 1. The average Bonchev–Trinajstić information content (AvgIpc) is 3.14. The van der Waals surface area contributed by atoms with E-state index < -0.39 is 59.8 Å². The minimum absolute atomic E-state index is 0.00294. The van der Waals surface area contributed by atoms with Crippen LogP contribution in [0.3, 0.4) is 0 Å². The molecule has 4 saturated heterocycles. The van der Waals surface area contributed by atoms with Gasteiger partial charge in [0.05, 0.1) is 6.42 Å². The minimum Gasteiger partial charge on any atom is -0.480 e. The smallest absolute Gasteiger partial charge is 0.326 e. The summed E-state index contributed by atoms with van der Waals surface area (Å²) in [4.78, 5) is 62.3. The zero-order valence-electron chi connectivity index (χ0n) is 26.6.